The SMILES string of the molecule is CP(=O)(OC1(O)[C@@H](O)[C@H](O)C(O)[C@H](O)[C@@H]1O)OC1(O)[C@@H](O)[C@H](O)C(O)[C@H](O)[C@@H]1O. The molecule has 15 nitrogen and oxygen atoms in total. The average Bonchev–Trinajstić information content (AvgIpc) is 2.64. The van der Waals surface area contributed by atoms with E-state index in [4.69, 9.17) is 0 Å². The number of aliphatic hydroxyl groups is 12. The summed E-state index contributed by atoms with van der Waals surface area (Å²) in [5.74, 6) is -6.89. The largest absolute Gasteiger partial charge is 0.387 e. The average molecular weight is 452 g/mol. The fraction of sp³-hybridized carbons (Fsp3) is 1.00. The lowest BCUT2D eigenvalue weighted by molar-refractivity contribution is -0.351. The van der Waals surface area contributed by atoms with Crippen LogP contribution in [0.2, 0.25) is 0 Å². The van der Waals surface area contributed by atoms with E-state index in [9.17, 15) is 65.8 Å². The summed E-state index contributed by atoms with van der Waals surface area (Å²) in [5.41, 5.74) is 0. The quantitative estimate of drug-likeness (QED) is 0.139. The van der Waals surface area contributed by atoms with E-state index in [1.165, 1.54) is 0 Å². The first-order valence-corrected chi connectivity index (χ1v) is 10.2. The number of rotatable bonds is 4. The Morgan fingerprint density at radius 1 is 0.552 bits per heavy atom. The first kappa shape index (κ1) is 24.9. The number of aliphatic hydroxyl groups excluding tert-OH is 10. The zero-order valence-electron chi connectivity index (χ0n) is 14.8. The molecule has 0 aromatic heterocycles. The molecule has 2 fully saturated rings. The van der Waals surface area contributed by atoms with Gasteiger partial charge < -0.3 is 61.3 Å². The molecule has 16 heteroatoms. The molecule has 0 bridgehead atoms. The van der Waals surface area contributed by atoms with Gasteiger partial charge in [0.1, 0.15) is 61.0 Å². The predicted molar refractivity (Wildman–Crippen MR) is 85.7 cm³/mol. The molecule has 0 saturated heterocycles. The Morgan fingerprint density at radius 2 is 0.759 bits per heavy atom. The van der Waals surface area contributed by atoms with Crippen molar-refractivity contribution in [2.75, 3.05) is 6.66 Å². The topological polar surface area (TPSA) is 278 Å². The molecule has 0 amide bonds. The highest BCUT2D eigenvalue weighted by Crippen LogP contribution is 2.55. The van der Waals surface area contributed by atoms with Gasteiger partial charge in [0.05, 0.1) is 0 Å². The Labute approximate surface area is 162 Å². The molecule has 4 unspecified atom stereocenters. The standard InChI is InChI=1S/C13H25O15P/c1-29(26,27-12(24)8(20)4(16)2(14)5(17)9(12)21)28-13(25)10(22)6(18)3(15)7(19)11(13)23/h2-11,14-25H,1H3/t2?,3?,4-,5+,6-,7+,8-,9-,10-,11-,12?,13?,29?/m0/s1. The van der Waals surface area contributed by atoms with Crippen molar-refractivity contribution in [2.24, 2.45) is 0 Å². The number of hydrogen-bond acceptors (Lipinski definition) is 15. The van der Waals surface area contributed by atoms with Gasteiger partial charge >= 0.3 is 7.60 Å². The van der Waals surface area contributed by atoms with Crippen LogP contribution in [-0.2, 0) is 13.6 Å². The Morgan fingerprint density at radius 3 is 0.966 bits per heavy atom. The van der Waals surface area contributed by atoms with Gasteiger partial charge in [0, 0.05) is 6.66 Å². The van der Waals surface area contributed by atoms with Crippen molar-refractivity contribution < 1.29 is 74.9 Å². The smallest absolute Gasteiger partial charge is 0.333 e. The monoisotopic (exact) mass is 452 g/mol. The minimum atomic E-state index is -5.00. The summed E-state index contributed by atoms with van der Waals surface area (Å²) in [6.45, 7) is 0.495. The Kier molecular flexibility index (Phi) is 6.86. The van der Waals surface area contributed by atoms with E-state index in [-0.39, 0.29) is 0 Å². The van der Waals surface area contributed by atoms with Gasteiger partial charge in [-0.1, -0.05) is 0 Å². The molecule has 2 aliphatic carbocycles. The van der Waals surface area contributed by atoms with Gasteiger partial charge in [0.2, 0.25) is 11.6 Å². The molecule has 172 valence electrons. The van der Waals surface area contributed by atoms with E-state index in [1.54, 1.807) is 0 Å². The highest BCUT2D eigenvalue weighted by atomic mass is 31.2. The van der Waals surface area contributed by atoms with Gasteiger partial charge in [-0.3, -0.25) is 13.6 Å². The maximum absolute atomic E-state index is 12.7. The second kappa shape index (κ2) is 7.98. The zero-order valence-corrected chi connectivity index (χ0v) is 15.7. The first-order valence-electron chi connectivity index (χ1n) is 8.25. The lowest BCUT2D eigenvalue weighted by Crippen LogP contribution is -2.72. The summed E-state index contributed by atoms with van der Waals surface area (Å²) in [5, 5.41) is 118. The lowest BCUT2D eigenvalue weighted by atomic mass is 9.82. The van der Waals surface area contributed by atoms with Crippen molar-refractivity contribution in [1.82, 2.24) is 0 Å². The highest BCUT2D eigenvalue weighted by molar-refractivity contribution is 7.53. The predicted octanol–water partition coefficient (Wildman–Crippen LogP) is -7.14. The Hall–Kier alpha value is -0.330. The maximum Gasteiger partial charge on any atom is 0.333 e. The molecular weight excluding hydrogens is 427 g/mol. The summed E-state index contributed by atoms with van der Waals surface area (Å²) >= 11 is 0. The van der Waals surface area contributed by atoms with Crippen LogP contribution in [0, 0.1) is 0 Å². The summed E-state index contributed by atoms with van der Waals surface area (Å²) in [4.78, 5) is 0. The van der Waals surface area contributed by atoms with E-state index in [1.807, 2.05) is 0 Å². The summed E-state index contributed by atoms with van der Waals surface area (Å²) in [6.07, 6.45) is -23.8. The van der Waals surface area contributed by atoms with Gasteiger partial charge in [-0.2, -0.15) is 0 Å². The van der Waals surface area contributed by atoms with Crippen LogP contribution in [0.1, 0.15) is 0 Å². The second-order valence-electron chi connectivity index (χ2n) is 7.18. The van der Waals surface area contributed by atoms with E-state index >= 15 is 0 Å². The van der Waals surface area contributed by atoms with Crippen LogP contribution in [0.25, 0.3) is 0 Å². The van der Waals surface area contributed by atoms with Crippen LogP contribution in [0.5, 0.6) is 0 Å². The third kappa shape index (κ3) is 3.98. The van der Waals surface area contributed by atoms with Gasteiger partial charge in [0.25, 0.3) is 0 Å². The molecule has 0 spiro atoms. The van der Waals surface area contributed by atoms with Crippen molar-refractivity contribution >= 4 is 7.60 Å². The van der Waals surface area contributed by atoms with Crippen molar-refractivity contribution in [3.05, 3.63) is 0 Å². The highest BCUT2D eigenvalue weighted by Gasteiger charge is 2.64. The third-order valence-corrected chi connectivity index (χ3v) is 6.26. The van der Waals surface area contributed by atoms with Crippen molar-refractivity contribution in [3.63, 3.8) is 0 Å². The fourth-order valence-corrected chi connectivity index (χ4v) is 4.78. The van der Waals surface area contributed by atoms with Crippen LogP contribution in [-0.4, -0.2) is 141 Å². The van der Waals surface area contributed by atoms with Crippen LogP contribution >= 0.6 is 7.60 Å². The van der Waals surface area contributed by atoms with Gasteiger partial charge in [-0.05, 0) is 0 Å². The molecule has 0 aromatic carbocycles. The molecule has 2 saturated carbocycles. The first-order chi connectivity index (χ1) is 13.0. The molecular formula is C13H25O15P. The number of hydrogen-bond donors (Lipinski definition) is 12. The maximum atomic E-state index is 12.7. The minimum Gasteiger partial charge on any atom is -0.387 e. The van der Waals surface area contributed by atoms with Gasteiger partial charge in [-0.25, -0.2) is 0 Å². The molecule has 2 rings (SSSR count). The van der Waals surface area contributed by atoms with Crippen LogP contribution in [0.4, 0.5) is 0 Å². The van der Waals surface area contributed by atoms with Crippen molar-refractivity contribution in [3.8, 4) is 0 Å². The zero-order chi connectivity index (χ0) is 22.7. The fourth-order valence-electron chi connectivity index (χ4n) is 3.25. The van der Waals surface area contributed by atoms with Crippen LogP contribution in [0.15, 0.2) is 0 Å². The van der Waals surface area contributed by atoms with E-state index < -0.39 is 80.2 Å². The van der Waals surface area contributed by atoms with E-state index in [2.05, 4.69) is 9.05 Å². The van der Waals surface area contributed by atoms with E-state index in [0.29, 0.717) is 6.66 Å². The molecule has 12 N–H and O–H groups in total. The van der Waals surface area contributed by atoms with Crippen molar-refractivity contribution in [2.45, 2.75) is 72.6 Å². The molecule has 0 aliphatic heterocycles. The molecule has 29 heavy (non-hydrogen) atoms. The van der Waals surface area contributed by atoms with Gasteiger partial charge in [-0.15, -0.1) is 0 Å². The summed E-state index contributed by atoms with van der Waals surface area (Å²) < 4.78 is 21.9. The van der Waals surface area contributed by atoms with Gasteiger partial charge in [0.15, 0.2) is 0 Å². The molecule has 2 aliphatic rings. The molecule has 0 aromatic rings. The Bertz CT molecular complexity index is 564. The van der Waals surface area contributed by atoms with Crippen LogP contribution in [0.3, 0.4) is 0 Å². The molecule has 12 atom stereocenters. The normalized spacial score (nSPS) is 56.0. The van der Waals surface area contributed by atoms with E-state index in [0.717, 1.165) is 0 Å². The third-order valence-electron chi connectivity index (χ3n) is 5.01. The second-order valence-corrected chi connectivity index (χ2v) is 9.09. The summed E-state index contributed by atoms with van der Waals surface area (Å²) in [7, 11) is -5.00. The molecule has 0 radical (unpaired) electrons. The summed E-state index contributed by atoms with van der Waals surface area (Å²) in [6, 6.07) is 0. The lowest BCUT2D eigenvalue weighted by Gasteiger charge is -2.50. The Balaban J connectivity index is 2.32. The minimum absolute atomic E-state index is 0.495. The van der Waals surface area contributed by atoms with Crippen LogP contribution < -0.4 is 0 Å². The van der Waals surface area contributed by atoms with Crippen molar-refractivity contribution in [1.29, 1.82) is 0 Å². The molecule has 0 heterocycles.